The Morgan fingerprint density at radius 1 is 0.808 bits per heavy atom. The Balaban J connectivity index is -0.000000168. The van der Waals surface area contributed by atoms with Crippen LogP contribution in [-0.2, 0) is 20.9 Å². The molecule has 0 spiro atoms. The second-order valence-electron chi connectivity index (χ2n) is 5.58. The molecule has 0 saturated heterocycles. The van der Waals surface area contributed by atoms with Crippen molar-refractivity contribution in [2.45, 2.75) is 76.8 Å². The summed E-state index contributed by atoms with van der Waals surface area (Å²) in [7, 11) is 0. The van der Waals surface area contributed by atoms with Crippen LogP contribution in [-0.4, -0.2) is 46.0 Å². The summed E-state index contributed by atoms with van der Waals surface area (Å²) in [6.07, 6.45) is -19.8. The first kappa shape index (κ1) is 33.4. The molecule has 0 bridgehead atoms. The Hall–Kier alpha value is -0.170. The smallest absolute Gasteiger partial charge is 0.390 e. The number of hydrogen-bond acceptors (Lipinski definition) is 3. The van der Waals surface area contributed by atoms with Crippen molar-refractivity contribution in [3.8, 4) is 0 Å². The van der Waals surface area contributed by atoms with Crippen LogP contribution < -0.4 is 0 Å². The van der Waals surface area contributed by atoms with Gasteiger partial charge in [0.25, 0.3) is 0 Å². The molecule has 3 nitrogen and oxygen atoms in total. The average Bonchev–Trinajstić information content (AvgIpc) is 2.34. The Kier molecular flexibility index (Phi) is 14.9. The molecule has 0 radical (unpaired) electrons. The van der Waals surface area contributed by atoms with Gasteiger partial charge in [0.2, 0.25) is 0 Å². The van der Waals surface area contributed by atoms with E-state index in [0.29, 0.717) is 6.04 Å². The molecule has 0 aliphatic heterocycles. The van der Waals surface area contributed by atoms with Gasteiger partial charge < -0.3 is 17.6 Å². The maximum atomic E-state index is 11.4. The number of nitrogens with zero attached hydrogens (tertiary/aromatic N) is 1. The molecule has 0 amide bonds. The molecule has 0 unspecified atom stereocenters. The molecule has 26 heavy (non-hydrogen) atoms. The number of halogens is 9. The van der Waals surface area contributed by atoms with E-state index < -0.39 is 29.7 Å². The normalized spacial score (nSPS) is 12.9. The van der Waals surface area contributed by atoms with Gasteiger partial charge >= 0.3 is 68.2 Å². The van der Waals surface area contributed by atoms with Crippen molar-refractivity contribution in [2.24, 2.45) is 3.34 Å². The summed E-state index contributed by atoms with van der Waals surface area (Å²) >= 11 is 1.16. The predicted molar refractivity (Wildman–Crippen MR) is 73.7 cm³/mol. The maximum absolute atomic E-state index is 11.4. The summed E-state index contributed by atoms with van der Waals surface area (Å²) < 4.78 is 107. The van der Waals surface area contributed by atoms with Crippen LogP contribution in [0.25, 0.3) is 0 Å². The van der Waals surface area contributed by atoms with E-state index in [2.05, 4.69) is 17.2 Å². The van der Waals surface area contributed by atoms with Gasteiger partial charge in [0.05, 0.1) is 5.60 Å². The zero-order valence-electron chi connectivity index (χ0n) is 15.0. The van der Waals surface area contributed by atoms with Crippen LogP contribution in [0.5, 0.6) is 0 Å². The quantitative estimate of drug-likeness (QED) is 0.353. The molecule has 0 aromatic carbocycles. The molecule has 161 valence electrons. The first-order chi connectivity index (χ1) is 10.6. The van der Waals surface area contributed by atoms with Crippen LogP contribution in [0.4, 0.5) is 39.5 Å². The summed E-state index contributed by atoms with van der Waals surface area (Å²) in [5.41, 5.74) is -7.15. The molecule has 13 heteroatoms. The Morgan fingerprint density at radius 3 is 0.962 bits per heavy atom. The van der Waals surface area contributed by atoms with Gasteiger partial charge in [0.1, 0.15) is 0 Å². The molecule has 2 N–H and O–H groups in total. The van der Waals surface area contributed by atoms with Gasteiger partial charge in [-0.2, -0.15) is 39.5 Å². The van der Waals surface area contributed by atoms with Crippen molar-refractivity contribution in [3.05, 3.63) is 7.43 Å². The van der Waals surface area contributed by atoms with Gasteiger partial charge in [-0.1, -0.05) is 6.92 Å². The van der Waals surface area contributed by atoms with Gasteiger partial charge in [0.15, 0.2) is 0 Å². The summed E-state index contributed by atoms with van der Waals surface area (Å²) in [4.78, 5) is 0. The van der Waals surface area contributed by atoms with E-state index in [0.717, 1.165) is 27.3 Å². The van der Waals surface area contributed by atoms with Gasteiger partial charge in [-0.25, -0.2) is 0 Å². The van der Waals surface area contributed by atoms with Crippen LogP contribution in [0.1, 0.15) is 41.0 Å². The SMILES string of the molecule is CC(C)[N]=[Ta].CCC(C)(C)O.OC(C(F)(F)F)(C(F)(F)F)C(F)(F)F.[CH3-]. The molecule has 0 aliphatic rings. The van der Waals surface area contributed by atoms with E-state index in [9.17, 15) is 39.5 Å². The van der Waals surface area contributed by atoms with E-state index >= 15 is 0 Å². The second-order valence-corrected chi connectivity index (χ2v) is 6.41. The Bertz CT molecular complexity index is 349. The molecule has 0 aromatic rings. The summed E-state index contributed by atoms with van der Waals surface area (Å²) in [5.74, 6) is 0. The third-order valence-electron chi connectivity index (χ3n) is 2.33. The first-order valence-corrected chi connectivity index (χ1v) is 8.01. The van der Waals surface area contributed by atoms with Crippen molar-refractivity contribution in [1.29, 1.82) is 0 Å². The van der Waals surface area contributed by atoms with Gasteiger partial charge in [-0.3, -0.25) is 0 Å². The molecular formula is C13H23F9NO2Ta-. The zero-order valence-corrected chi connectivity index (χ0v) is 18.2. The van der Waals surface area contributed by atoms with Crippen LogP contribution >= 0.6 is 0 Å². The summed E-state index contributed by atoms with van der Waals surface area (Å²) in [6.45, 7) is 9.72. The van der Waals surface area contributed by atoms with E-state index in [1.54, 1.807) is 13.8 Å². The topological polar surface area (TPSA) is 52.8 Å². The predicted octanol–water partition coefficient (Wildman–Crippen LogP) is 5.15. The number of aliphatic hydroxyl groups is 2. The Morgan fingerprint density at radius 2 is 0.962 bits per heavy atom. The molecule has 0 heterocycles. The van der Waals surface area contributed by atoms with Crippen LogP contribution in [0.15, 0.2) is 3.34 Å². The molecule has 0 saturated carbocycles. The standard InChI is InChI=1S/C5H12O.C4HF9O.C3H7N.CH3.Ta/c1-4-5(2,3)6;5-2(6,7)1(14,3(8,9)10)4(11,12)13;1-3(2)4;;/h6H,4H2,1-3H3;14H;3H,1-2H3;1H3;/q;;;-1;. The molecule has 0 fully saturated rings. The fourth-order valence-electron chi connectivity index (χ4n) is 0.482. The second kappa shape index (κ2) is 11.6. The van der Waals surface area contributed by atoms with Gasteiger partial charge in [0, 0.05) is 0 Å². The van der Waals surface area contributed by atoms with Crippen molar-refractivity contribution in [2.75, 3.05) is 0 Å². The monoisotopic (exact) mass is 577 g/mol. The van der Waals surface area contributed by atoms with Gasteiger partial charge in [-0.05, 0) is 20.3 Å². The van der Waals surface area contributed by atoms with E-state index in [4.69, 9.17) is 10.2 Å². The number of alkyl halides is 9. The molecule has 0 aromatic heterocycles. The number of rotatable bonds is 2. The third kappa shape index (κ3) is 12.3. The fourth-order valence-corrected chi connectivity index (χ4v) is 0.482. The van der Waals surface area contributed by atoms with Crippen LogP contribution in [0.3, 0.4) is 0 Å². The van der Waals surface area contributed by atoms with Crippen molar-refractivity contribution < 1.29 is 70.6 Å². The van der Waals surface area contributed by atoms with Crippen LogP contribution in [0.2, 0.25) is 0 Å². The van der Waals surface area contributed by atoms with E-state index in [1.165, 1.54) is 0 Å². The molecular weight excluding hydrogens is 554 g/mol. The Labute approximate surface area is 158 Å². The third-order valence-corrected chi connectivity index (χ3v) is 3.99. The minimum atomic E-state index is -6.87. The zero-order chi connectivity index (χ0) is 21.5. The summed E-state index contributed by atoms with van der Waals surface area (Å²) in [6, 6.07) is 0.559. The van der Waals surface area contributed by atoms with Crippen molar-refractivity contribution in [3.63, 3.8) is 0 Å². The maximum Gasteiger partial charge on any atom is 0.435 e. The van der Waals surface area contributed by atoms with Crippen LogP contribution in [0, 0.1) is 7.43 Å². The largest absolute Gasteiger partial charge is 0.435 e. The molecule has 0 rings (SSSR count). The average molecular weight is 577 g/mol. The minimum absolute atomic E-state index is 0. The fraction of sp³-hybridized carbons (Fsp3) is 0.923. The summed E-state index contributed by atoms with van der Waals surface area (Å²) in [5, 5.41) is 16.5. The molecule has 0 atom stereocenters. The minimum Gasteiger partial charge on any atom is -0.390 e. The van der Waals surface area contributed by atoms with Crippen molar-refractivity contribution >= 4 is 0 Å². The molecule has 0 aliphatic carbocycles. The van der Waals surface area contributed by atoms with Crippen molar-refractivity contribution in [1.82, 2.24) is 0 Å². The van der Waals surface area contributed by atoms with E-state index in [1.807, 2.05) is 6.92 Å². The van der Waals surface area contributed by atoms with Gasteiger partial charge in [-0.15, -0.1) is 0 Å². The van der Waals surface area contributed by atoms with E-state index in [-0.39, 0.29) is 7.43 Å². The number of hydrogen-bond donors (Lipinski definition) is 2. The first-order valence-electron chi connectivity index (χ1n) is 6.57.